The summed E-state index contributed by atoms with van der Waals surface area (Å²) < 4.78 is 0. The number of hydrogen-bond donors (Lipinski definition) is 0. The molecule has 0 atom stereocenters. The van der Waals surface area contributed by atoms with Gasteiger partial charge >= 0.3 is 0 Å². The van der Waals surface area contributed by atoms with Gasteiger partial charge in [0.1, 0.15) is 0 Å². The van der Waals surface area contributed by atoms with Gasteiger partial charge in [0.05, 0.1) is 0 Å². The lowest BCUT2D eigenvalue weighted by Gasteiger charge is -1.75. The van der Waals surface area contributed by atoms with E-state index in [2.05, 4.69) is 0 Å². The Bertz CT molecular complexity index is 106. The van der Waals surface area contributed by atoms with E-state index in [-0.39, 0.29) is 5.78 Å². The lowest BCUT2D eigenvalue weighted by molar-refractivity contribution is -0.110. The molecule has 8 heavy (non-hydrogen) atoms. The van der Waals surface area contributed by atoms with Gasteiger partial charge in [-0.3, -0.25) is 4.79 Å². The second-order valence-electron chi connectivity index (χ2n) is 1.40. The fraction of sp³-hybridized carbons (Fsp3) is 0.286. The van der Waals surface area contributed by atoms with Crippen LogP contribution in [0.5, 0.6) is 0 Å². The molecule has 0 heterocycles. The normalized spacial score (nSPS) is 11.2. The number of allylic oxidation sites excluding steroid dienone is 4. The minimum Gasteiger partial charge on any atom is -0.290 e. The minimum atomic E-state index is 0.0509. The first-order valence-corrected chi connectivity index (χ1v) is 2.60. The van der Waals surface area contributed by atoms with Gasteiger partial charge in [-0.25, -0.2) is 0 Å². The molecule has 0 aliphatic carbocycles. The van der Waals surface area contributed by atoms with Crippen LogP contribution in [0.1, 0.15) is 13.8 Å². The summed E-state index contributed by atoms with van der Waals surface area (Å²) >= 11 is 0. The van der Waals surface area contributed by atoms with Gasteiger partial charge in [-0.1, -0.05) is 12.2 Å². The first-order valence-electron chi connectivity index (χ1n) is 2.60. The molecule has 0 aromatic carbocycles. The maximum absolute atomic E-state index is 10.5. The van der Waals surface area contributed by atoms with E-state index in [1.54, 1.807) is 12.2 Å². The third kappa shape index (κ3) is 3.34. The van der Waals surface area contributed by atoms with Crippen molar-refractivity contribution in [1.29, 1.82) is 0 Å². The zero-order valence-corrected chi connectivity index (χ0v) is 5.22. The maximum atomic E-state index is 10.5. The number of hydrogen-bond acceptors (Lipinski definition) is 1. The van der Waals surface area contributed by atoms with Crippen molar-refractivity contribution in [3.63, 3.8) is 0 Å². The average Bonchev–Trinajstić information content (AvgIpc) is 1.68. The largest absolute Gasteiger partial charge is 0.290 e. The van der Waals surface area contributed by atoms with Gasteiger partial charge in [-0.05, 0) is 26.0 Å². The third-order valence-corrected chi connectivity index (χ3v) is 0.662. The molecule has 1 nitrogen and oxygen atoms in total. The lowest BCUT2D eigenvalue weighted by Crippen LogP contribution is -1.81. The van der Waals surface area contributed by atoms with Crippen LogP contribution in [0.4, 0.5) is 0 Å². The van der Waals surface area contributed by atoms with E-state index in [4.69, 9.17) is 0 Å². The smallest absolute Gasteiger partial charge is 0.177 e. The summed E-state index contributed by atoms with van der Waals surface area (Å²) in [6.45, 7) is 3.64. The molecule has 0 amide bonds. The molecular weight excluding hydrogens is 100 g/mol. The van der Waals surface area contributed by atoms with Gasteiger partial charge < -0.3 is 0 Å². The second-order valence-corrected chi connectivity index (χ2v) is 1.40. The van der Waals surface area contributed by atoms with Crippen LogP contribution >= 0.6 is 0 Å². The average molecular weight is 110 g/mol. The Labute approximate surface area is 49.7 Å². The first kappa shape index (κ1) is 7.15. The number of ketones is 1. The van der Waals surface area contributed by atoms with Crippen LogP contribution in [0.3, 0.4) is 0 Å². The molecule has 0 saturated heterocycles. The van der Waals surface area contributed by atoms with Crippen molar-refractivity contribution < 1.29 is 4.79 Å². The highest BCUT2D eigenvalue weighted by atomic mass is 16.1. The van der Waals surface area contributed by atoms with Crippen molar-refractivity contribution in [2.75, 3.05) is 0 Å². The molecule has 0 N–H and O–H groups in total. The minimum absolute atomic E-state index is 0.0509. The molecule has 0 unspecified atom stereocenters. The highest BCUT2D eigenvalue weighted by Gasteiger charge is 1.80. The van der Waals surface area contributed by atoms with Crippen LogP contribution in [0, 0.1) is 0 Å². The summed E-state index contributed by atoms with van der Waals surface area (Å²) in [6.07, 6.45) is 6.50. The molecule has 0 bridgehead atoms. The highest BCUT2D eigenvalue weighted by Crippen LogP contribution is 1.78. The van der Waals surface area contributed by atoms with Crippen LogP contribution in [-0.2, 0) is 4.79 Å². The van der Waals surface area contributed by atoms with Gasteiger partial charge in [0.25, 0.3) is 0 Å². The van der Waals surface area contributed by atoms with E-state index < -0.39 is 0 Å². The van der Waals surface area contributed by atoms with Crippen LogP contribution in [-0.4, -0.2) is 5.78 Å². The zero-order chi connectivity index (χ0) is 6.41. The van der Waals surface area contributed by atoms with Crippen molar-refractivity contribution in [1.82, 2.24) is 0 Å². The van der Waals surface area contributed by atoms with Gasteiger partial charge in [-0.15, -0.1) is 0 Å². The molecule has 0 aliphatic rings. The summed E-state index contributed by atoms with van der Waals surface area (Å²) in [4.78, 5) is 10.5. The molecular formula is C7H10O. The third-order valence-electron chi connectivity index (χ3n) is 0.662. The molecule has 0 spiro atoms. The first-order chi connectivity index (χ1) is 3.81. The van der Waals surface area contributed by atoms with Crippen molar-refractivity contribution in [3.8, 4) is 0 Å². The monoisotopic (exact) mass is 110 g/mol. The molecule has 0 aliphatic heterocycles. The highest BCUT2D eigenvalue weighted by molar-refractivity contribution is 5.98. The predicted octanol–water partition coefficient (Wildman–Crippen LogP) is 1.71. The molecule has 0 saturated carbocycles. The van der Waals surface area contributed by atoms with Crippen LogP contribution in [0.25, 0.3) is 0 Å². The van der Waals surface area contributed by atoms with Crippen LogP contribution in [0.15, 0.2) is 24.3 Å². The van der Waals surface area contributed by atoms with Gasteiger partial charge in [-0.2, -0.15) is 0 Å². The Morgan fingerprint density at radius 1 is 1.12 bits per heavy atom. The summed E-state index contributed by atoms with van der Waals surface area (Å²) in [5.74, 6) is 0.0509. The fourth-order valence-electron chi connectivity index (χ4n) is 0.384. The predicted molar refractivity (Wildman–Crippen MR) is 34.6 cm³/mol. The maximum Gasteiger partial charge on any atom is 0.177 e. The van der Waals surface area contributed by atoms with Crippen molar-refractivity contribution in [2.24, 2.45) is 0 Å². The van der Waals surface area contributed by atoms with Crippen LogP contribution < -0.4 is 0 Å². The van der Waals surface area contributed by atoms with Crippen molar-refractivity contribution >= 4 is 5.78 Å². The van der Waals surface area contributed by atoms with Gasteiger partial charge in [0, 0.05) is 0 Å². The summed E-state index contributed by atoms with van der Waals surface area (Å²) in [7, 11) is 0. The van der Waals surface area contributed by atoms with Crippen molar-refractivity contribution in [2.45, 2.75) is 13.8 Å². The van der Waals surface area contributed by atoms with Gasteiger partial charge in [0.2, 0.25) is 0 Å². The number of carbonyl (C=O) groups excluding carboxylic acids is 1. The molecule has 0 radical (unpaired) electrons. The SMILES string of the molecule is C/C=C\C(=O)/C=C\C. The van der Waals surface area contributed by atoms with E-state index in [1.807, 2.05) is 13.8 Å². The van der Waals surface area contributed by atoms with E-state index in [0.29, 0.717) is 0 Å². The molecule has 44 valence electrons. The summed E-state index contributed by atoms with van der Waals surface area (Å²) in [5.41, 5.74) is 0. The van der Waals surface area contributed by atoms with Crippen LogP contribution in [0.2, 0.25) is 0 Å². The Balaban J connectivity index is 3.66. The number of rotatable bonds is 2. The van der Waals surface area contributed by atoms with Crippen molar-refractivity contribution in [3.05, 3.63) is 24.3 Å². The Morgan fingerprint density at radius 2 is 1.50 bits per heavy atom. The topological polar surface area (TPSA) is 17.1 Å². The fourth-order valence-corrected chi connectivity index (χ4v) is 0.384. The number of carbonyl (C=O) groups is 1. The molecule has 0 aromatic rings. The molecule has 0 fully saturated rings. The lowest BCUT2D eigenvalue weighted by atomic mass is 10.3. The zero-order valence-electron chi connectivity index (χ0n) is 5.22. The Hall–Kier alpha value is -0.850. The molecule has 1 heteroatoms. The van der Waals surface area contributed by atoms with E-state index in [0.717, 1.165) is 0 Å². The Morgan fingerprint density at radius 3 is 1.75 bits per heavy atom. The Kier molecular flexibility index (Phi) is 3.85. The van der Waals surface area contributed by atoms with E-state index >= 15 is 0 Å². The summed E-state index contributed by atoms with van der Waals surface area (Å²) in [5, 5.41) is 0. The molecule has 0 rings (SSSR count). The van der Waals surface area contributed by atoms with Gasteiger partial charge in [0.15, 0.2) is 5.78 Å². The van der Waals surface area contributed by atoms with E-state index in [9.17, 15) is 4.79 Å². The molecule has 0 aromatic heterocycles. The second kappa shape index (κ2) is 4.31. The summed E-state index contributed by atoms with van der Waals surface area (Å²) in [6, 6.07) is 0. The quantitative estimate of drug-likeness (QED) is 0.494. The standard InChI is InChI=1S/C7H10O/c1-3-5-7(8)6-4-2/h3-6H,1-2H3/b5-3-,6-4-. The van der Waals surface area contributed by atoms with E-state index in [1.165, 1.54) is 12.2 Å².